The van der Waals surface area contributed by atoms with E-state index in [0.29, 0.717) is 6.54 Å². The molecule has 2 radical (unpaired) electrons. The van der Waals surface area contributed by atoms with E-state index in [4.69, 9.17) is 9.84 Å². The minimum Gasteiger partial charge on any atom is -0.390 e. The van der Waals surface area contributed by atoms with E-state index >= 15 is 0 Å². The molecule has 0 fully saturated rings. The Morgan fingerprint density at radius 3 is 2.17 bits per heavy atom. The maximum Gasteiger partial charge on any atom is 0.332 e. The molecule has 0 aliphatic rings. The number of aliphatic hydroxyl groups is 1. The summed E-state index contributed by atoms with van der Waals surface area (Å²) in [5.74, 6) is 0. The summed E-state index contributed by atoms with van der Waals surface area (Å²) in [6.45, 7) is 8.93. The average molecular weight is 174 g/mol. The molecule has 0 unspecified atom stereocenters. The molecule has 0 saturated carbocycles. The Balaban J connectivity index is 4.22. The maximum atomic E-state index is 8.83. The van der Waals surface area contributed by atoms with Crippen molar-refractivity contribution < 1.29 is 9.84 Å². The van der Waals surface area contributed by atoms with Crippen LogP contribution in [0.5, 0.6) is 0 Å². The Bertz CT molecular complexity index is 120. The van der Waals surface area contributed by atoms with Gasteiger partial charge in [-0.3, -0.25) is 0 Å². The molecule has 0 heterocycles. The smallest absolute Gasteiger partial charge is 0.332 e. The zero-order chi connectivity index (χ0) is 9.78. The number of methoxy groups -OCH3 is 1. The molecule has 0 spiro atoms. The third-order valence-corrected chi connectivity index (χ3v) is 1.81. The predicted octanol–water partition coefficient (Wildman–Crippen LogP) is 1.07. The number of ether oxygens (including phenoxy) is 1. The van der Waals surface area contributed by atoms with E-state index in [2.05, 4.69) is 20.8 Å². The molecule has 0 saturated heterocycles. The van der Waals surface area contributed by atoms with Crippen molar-refractivity contribution in [3.8, 4) is 0 Å². The van der Waals surface area contributed by atoms with E-state index in [1.165, 1.54) is 0 Å². The van der Waals surface area contributed by atoms with E-state index in [9.17, 15) is 0 Å². The first-order chi connectivity index (χ1) is 5.43. The second-order valence-corrected chi connectivity index (χ2v) is 3.77. The van der Waals surface area contributed by atoms with Gasteiger partial charge in [0.1, 0.15) is 12.1 Å². The lowest BCUT2D eigenvalue weighted by atomic mass is 10.1. The Kier molecular flexibility index (Phi) is 4.75. The zero-order valence-electron chi connectivity index (χ0n) is 8.72. The van der Waals surface area contributed by atoms with Gasteiger partial charge in [-0.2, -0.15) is 0 Å². The van der Waals surface area contributed by atoms with Gasteiger partial charge in [0.25, 0.3) is 0 Å². The summed E-state index contributed by atoms with van der Waals surface area (Å²) >= 11 is 0. The Morgan fingerprint density at radius 1 is 1.42 bits per heavy atom. The summed E-state index contributed by atoms with van der Waals surface area (Å²) in [7, 11) is 1.64. The highest BCUT2D eigenvalue weighted by molar-refractivity contribution is 4.91. The lowest BCUT2D eigenvalue weighted by molar-refractivity contribution is 0.0749. The van der Waals surface area contributed by atoms with E-state index in [0.717, 1.165) is 6.23 Å². The summed E-state index contributed by atoms with van der Waals surface area (Å²) in [5, 5.41) is 8.83. The highest BCUT2D eigenvalue weighted by Gasteiger charge is 2.37. The highest BCUT2D eigenvalue weighted by Crippen LogP contribution is 2.17. The first kappa shape index (κ1) is 11.9. The fraction of sp³-hybridized carbons (Fsp3) is 0.889. The van der Waals surface area contributed by atoms with Crippen molar-refractivity contribution >= 4 is 0 Å². The first-order valence-electron chi connectivity index (χ1n) is 4.19. The molecule has 3 heteroatoms. The van der Waals surface area contributed by atoms with Crippen LogP contribution in [-0.4, -0.2) is 30.9 Å². The molecule has 0 bridgehead atoms. The molecule has 0 aromatic rings. The van der Waals surface area contributed by atoms with Crippen LogP contribution in [0.3, 0.4) is 0 Å². The van der Waals surface area contributed by atoms with Crippen LogP contribution in [0.15, 0.2) is 0 Å². The lowest BCUT2D eigenvalue weighted by Gasteiger charge is -2.26. The standard InChI is InChI=1S/C9H20NO2/c1-8(12-5)10(6-7-11)9(2,3)4/h11H,6-7H2,1-5H3/q+1. The van der Waals surface area contributed by atoms with Crippen molar-refractivity contribution in [2.75, 3.05) is 20.3 Å². The number of aliphatic hydroxyl groups excluding tert-OH is 1. The monoisotopic (exact) mass is 174 g/mol. The molecule has 12 heavy (non-hydrogen) atoms. The zero-order valence-corrected chi connectivity index (χ0v) is 8.72. The largest absolute Gasteiger partial charge is 0.390 e. The van der Waals surface area contributed by atoms with Crippen molar-refractivity contribution in [2.24, 2.45) is 0 Å². The molecule has 72 valence electrons. The van der Waals surface area contributed by atoms with E-state index < -0.39 is 0 Å². The van der Waals surface area contributed by atoms with Crippen LogP contribution in [0.4, 0.5) is 0 Å². The van der Waals surface area contributed by atoms with Gasteiger partial charge in [-0.15, -0.1) is 4.90 Å². The minimum absolute atomic E-state index is 0.00280. The summed E-state index contributed by atoms with van der Waals surface area (Å²) in [6.07, 6.45) is 0.844. The molecule has 0 atom stereocenters. The number of nitrogens with zero attached hydrogens (tertiary/aromatic N) is 1. The molecular formula is C9H20NO2+. The SMILES string of the molecule is CO[C](C)[N+](CCO)C(C)(C)C. The van der Waals surface area contributed by atoms with Gasteiger partial charge >= 0.3 is 6.23 Å². The number of rotatable bonds is 4. The molecule has 0 aliphatic carbocycles. The van der Waals surface area contributed by atoms with Gasteiger partial charge in [-0.1, -0.05) is 0 Å². The first-order valence-corrected chi connectivity index (χ1v) is 4.19. The predicted molar refractivity (Wildman–Crippen MR) is 49.8 cm³/mol. The lowest BCUT2D eigenvalue weighted by Crippen LogP contribution is -2.50. The summed E-state index contributed by atoms with van der Waals surface area (Å²) in [4.78, 5) is 2.03. The van der Waals surface area contributed by atoms with Crippen LogP contribution in [-0.2, 0) is 4.74 Å². The van der Waals surface area contributed by atoms with E-state index in [1.807, 2.05) is 11.8 Å². The highest BCUT2D eigenvalue weighted by atomic mass is 16.5. The second kappa shape index (κ2) is 4.80. The minimum atomic E-state index is 0.00280. The Hall–Kier alpha value is -0.120. The van der Waals surface area contributed by atoms with Crippen molar-refractivity contribution in [2.45, 2.75) is 33.2 Å². The third-order valence-electron chi connectivity index (χ3n) is 1.81. The van der Waals surface area contributed by atoms with Crippen LogP contribution in [0.25, 0.3) is 0 Å². The van der Waals surface area contributed by atoms with Gasteiger partial charge in [-0.25, -0.2) is 0 Å². The molecule has 1 N–H and O–H groups in total. The molecule has 0 amide bonds. The number of hydrogen-bond acceptors (Lipinski definition) is 3. The summed E-state index contributed by atoms with van der Waals surface area (Å²) in [5.41, 5.74) is 0.00280. The fourth-order valence-electron chi connectivity index (χ4n) is 1.18. The molecular weight excluding hydrogens is 154 g/mol. The van der Waals surface area contributed by atoms with Crippen molar-refractivity contribution in [1.29, 1.82) is 0 Å². The van der Waals surface area contributed by atoms with Crippen molar-refractivity contribution in [1.82, 2.24) is 4.90 Å². The second-order valence-electron chi connectivity index (χ2n) is 3.77. The van der Waals surface area contributed by atoms with Crippen LogP contribution in [0.1, 0.15) is 27.7 Å². The number of β-amino-alcohol motifs (C(OH)–C–C–N with tert-alkyl or cyclic N) is 1. The van der Waals surface area contributed by atoms with Gasteiger partial charge in [-0.05, 0) is 20.8 Å². The Morgan fingerprint density at radius 2 is 1.92 bits per heavy atom. The van der Waals surface area contributed by atoms with Crippen molar-refractivity contribution in [3.63, 3.8) is 0 Å². The molecule has 0 aromatic heterocycles. The molecule has 0 rings (SSSR count). The molecule has 0 aromatic carbocycles. The topological polar surface area (TPSA) is 35.4 Å². The summed E-state index contributed by atoms with van der Waals surface area (Å²) in [6, 6.07) is 0. The third kappa shape index (κ3) is 3.52. The normalized spacial score (nSPS) is 13.0. The van der Waals surface area contributed by atoms with Crippen LogP contribution in [0.2, 0.25) is 0 Å². The van der Waals surface area contributed by atoms with Gasteiger partial charge in [0.05, 0.1) is 6.61 Å². The fourth-order valence-corrected chi connectivity index (χ4v) is 1.18. The van der Waals surface area contributed by atoms with E-state index in [1.54, 1.807) is 7.11 Å². The number of hydrogen-bond donors (Lipinski definition) is 1. The Labute approximate surface area is 75.3 Å². The van der Waals surface area contributed by atoms with Gasteiger partial charge in [0.2, 0.25) is 0 Å². The van der Waals surface area contributed by atoms with Crippen molar-refractivity contribution in [3.05, 3.63) is 6.23 Å². The van der Waals surface area contributed by atoms with Gasteiger partial charge in [0.15, 0.2) is 0 Å². The quantitative estimate of drug-likeness (QED) is 0.647. The van der Waals surface area contributed by atoms with Crippen LogP contribution >= 0.6 is 0 Å². The van der Waals surface area contributed by atoms with Gasteiger partial charge < -0.3 is 9.84 Å². The van der Waals surface area contributed by atoms with Gasteiger partial charge in [0, 0.05) is 14.0 Å². The molecule has 3 nitrogen and oxygen atoms in total. The van der Waals surface area contributed by atoms with Crippen LogP contribution < -0.4 is 4.90 Å². The maximum absolute atomic E-state index is 8.83. The average Bonchev–Trinajstić information content (AvgIpc) is 1.96. The van der Waals surface area contributed by atoms with E-state index in [-0.39, 0.29) is 12.1 Å². The molecule has 0 aliphatic heterocycles. The van der Waals surface area contributed by atoms with Crippen LogP contribution in [0, 0.1) is 6.23 Å². The summed E-state index contributed by atoms with van der Waals surface area (Å²) < 4.78 is 5.12.